The molecule has 0 spiro atoms. The van der Waals surface area contributed by atoms with Crippen LogP contribution in [0.25, 0.3) is 11.1 Å². The van der Waals surface area contributed by atoms with Gasteiger partial charge in [0, 0.05) is 11.6 Å². The van der Waals surface area contributed by atoms with E-state index in [0.29, 0.717) is 26.9 Å². The van der Waals surface area contributed by atoms with Crippen molar-refractivity contribution in [1.29, 1.82) is 0 Å². The van der Waals surface area contributed by atoms with Crippen LogP contribution in [-0.4, -0.2) is 7.11 Å². The van der Waals surface area contributed by atoms with Crippen molar-refractivity contribution in [3.8, 4) is 16.9 Å². The fourth-order valence-electron chi connectivity index (χ4n) is 1.52. The number of hydrogen-bond donors (Lipinski definition) is 0. The van der Waals surface area contributed by atoms with Crippen LogP contribution in [0.5, 0.6) is 5.75 Å². The molecule has 0 saturated carbocycles. The molecule has 0 aromatic heterocycles. The standard InChI is InChI=1S/C13H9Cl2FO/c1-17-9-3-4-10(13(16)7-9)8-2-5-11(14)12(15)6-8/h2-7H,1H3. The van der Waals surface area contributed by atoms with Crippen molar-refractivity contribution in [3.63, 3.8) is 0 Å². The molecule has 0 atom stereocenters. The van der Waals surface area contributed by atoms with Gasteiger partial charge in [-0.05, 0) is 29.8 Å². The lowest BCUT2D eigenvalue weighted by molar-refractivity contribution is 0.411. The Balaban J connectivity index is 2.49. The maximum Gasteiger partial charge on any atom is 0.134 e. The van der Waals surface area contributed by atoms with Crippen molar-refractivity contribution in [2.24, 2.45) is 0 Å². The summed E-state index contributed by atoms with van der Waals surface area (Å²) in [6.07, 6.45) is 0. The van der Waals surface area contributed by atoms with Crippen LogP contribution in [-0.2, 0) is 0 Å². The molecule has 0 bridgehead atoms. The summed E-state index contributed by atoms with van der Waals surface area (Å²) in [6, 6.07) is 9.67. The molecule has 2 aromatic carbocycles. The average Bonchev–Trinajstić information content (AvgIpc) is 2.32. The van der Waals surface area contributed by atoms with Gasteiger partial charge in [-0.1, -0.05) is 29.3 Å². The summed E-state index contributed by atoms with van der Waals surface area (Å²) in [5, 5.41) is 0.851. The van der Waals surface area contributed by atoms with Gasteiger partial charge in [0.05, 0.1) is 17.2 Å². The Morgan fingerprint density at radius 2 is 1.76 bits per heavy atom. The predicted molar refractivity (Wildman–Crippen MR) is 68.4 cm³/mol. The van der Waals surface area contributed by atoms with E-state index < -0.39 is 0 Å². The minimum Gasteiger partial charge on any atom is -0.497 e. The second-order valence-corrected chi connectivity index (χ2v) is 4.29. The Hall–Kier alpha value is -1.25. The largest absolute Gasteiger partial charge is 0.497 e. The molecule has 0 N–H and O–H groups in total. The van der Waals surface area contributed by atoms with E-state index in [1.165, 1.54) is 13.2 Å². The zero-order chi connectivity index (χ0) is 12.4. The summed E-state index contributed by atoms with van der Waals surface area (Å²) < 4.78 is 18.7. The van der Waals surface area contributed by atoms with E-state index in [9.17, 15) is 4.39 Å². The molecule has 0 unspecified atom stereocenters. The minimum atomic E-state index is -0.359. The Kier molecular flexibility index (Phi) is 3.55. The first-order chi connectivity index (χ1) is 8.11. The van der Waals surface area contributed by atoms with Crippen LogP contribution >= 0.6 is 23.2 Å². The summed E-state index contributed by atoms with van der Waals surface area (Å²) >= 11 is 11.7. The van der Waals surface area contributed by atoms with E-state index in [-0.39, 0.29) is 5.82 Å². The minimum absolute atomic E-state index is 0.359. The Labute approximate surface area is 109 Å². The van der Waals surface area contributed by atoms with Gasteiger partial charge in [-0.15, -0.1) is 0 Å². The molecule has 2 aromatic rings. The summed E-state index contributed by atoms with van der Waals surface area (Å²) in [7, 11) is 1.49. The molecule has 0 radical (unpaired) electrons. The summed E-state index contributed by atoms with van der Waals surface area (Å²) in [5.74, 6) is 0.119. The third-order valence-corrected chi connectivity index (χ3v) is 3.15. The molecule has 0 heterocycles. The fraction of sp³-hybridized carbons (Fsp3) is 0.0769. The third-order valence-electron chi connectivity index (χ3n) is 2.41. The molecular formula is C13H9Cl2FO. The van der Waals surface area contributed by atoms with Crippen molar-refractivity contribution in [3.05, 3.63) is 52.3 Å². The monoisotopic (exact) mass is 270 g/mol. The normalized spacial score (nSPS) is 10.4. The Bertz CT molecular complexity index is 555. The molecule has 0 aliphatic heterocycles. The zero-order valence-corrected chi connectivity index (χ0v) is 10.5. The van der Waals surface area contributed by atoms with Crippen LogP contribution in [0.3, 0.4) is 0 Å². The van der Waals surface area contributed by atoms with Gasteiger partial charge in [-0.25, -0.2) is 4.39 Å². The maximum absolute atomic E-state index is 13.8. The maximum atomic E-state index is 13.8. The van der Waals surface area contributed by atoms with Gasteiger partial charge in [0.2, 0.25) is 0 Å². The molecule has 0 fully saturated rings. The van der Waals surface area contributed by atoms with E-state index in [0.717, 1.165) is 0 Å². The molecule has 2 rings (SSSR count). The van der Waals surface area contributed by atoms with E-state index in [2.05, 4.69) is 0 Å². The van der Waals surface area contributed by atoms with Gasteiger partial charge >= 0.3 is 0 Å². The fourth-order valence-corrected chi connectivity index (χ4v) is 1.82. The highest BCUT2D eigenvalue weighted by molar-refractivity contribution is 6.42. The number of hydrogen-bond acceptors (Lipinski definition) is 1. The Morgan fingerprint density at radius 3 is 2.35 bits per heavy atom. The predicted octanol–water partition coefficient (Wildman–Crippen LogP) is 4.81. The highest BCUT2D eigenvalue weighted by Crippen LogP contribution is 2.31. The third kappa shape index (κ3) is 2.54. The highest BCUT2D eigenvalue weighted by atomic mass is 35.5. The Morgan fingerprint density at radius 1 is 1.00 bits per heavy atom. The van der Waals surface area contributed by atoms with Crippen molar-refractivity contribution in [2.45, 2.75) is 0 Å². The lowest BCUT2D eigenvalue weighted by Crippen LogP contribution is -1.88. The first kappa shape index (κ1) is 12.2. The molecule has 88 valence electrons. The first-order valence-corrected chi connectivity index (χ1v) is 5.66. The molecule has 0 aliphatic rings. The quantitative estimate of drug-likeness (QED) is 0.761. The van der Waals surface area contributed by atoms with Gasteiger partial charge in [0.25, 0.3) is 0 Å². The van der Waals surface area contributed by atoms with Crippen LogP contribution in [0.1, 0.15) is 0 Å². The van der Waals surface area contributed by atoms with Gasteiger partial charge in [0.1, 0.15) is 11.6 Å². The molecule has 0 aliphatic carbocycles. The summed E-state index contributed by atoms with van der Waals surface area (Å²) in [5.41, 5.74) is 1.14. The summed E-state index contributed by atoms with van der Waals surface area (Å²) in [4.78, 5) is 0. The van der Waals surface area contributed by atoms with Gasteiger partial charge in [-0.3, -0.25) is 0 Å². The second kappa shape index (κ2) is 4.94. The molecular weight excluding hydrogens is 262 g/mol. The van der Waals surface area contributed by atoms with Gasteiger partial charge in [0.15, 0.2) is 0 Å². The van der Waals surface area contributed by atoms with Crippen LogP contribution < -0.4 is 4.74 Å². The van der Waals surface area contributed by atoms with Crippen LogP contribution in [0, 0.1) is 5.82 Å². The van der Waals surface area contributed by atoms with E-state index >= 15 is 0 Å². The van der Waals surface area contributed by atoms with Crippen molar-refractivity contribution in [1.82, 2.24) is 0 Å². The first-order valence-electron chi connectivity index (χ1n) is 4.91. The van der Waals surface area contributed by atoms with E-state index in [1.54, 1.807) is 30.3 Å². The van der Waals surface area contributed by atoms with Crippen molar-refractivity contribution in [2.75, 3.05) is 7.11 Å². The smallest absolute Gasteiger partial charge is 0.134 e. The molecule has 4 heteroatoms. The van der Waals surface area contributed by atoms with E-state index in [4.69, 9.17) is 27.9 Å². The molecule has 0 amide bonds. The van der Waals surface area contributed by atoms with Crippen molar-refractivity contribution < 1.29 is 9.13 Å². The number of methoxy groups -OCH3 is 1. The molecule has 0 saturated heterocycles. The van der Waals surface area contributed by atoms with E-state index in [1.807, 2.05) is 0 Å². The number of halogens is 3. The molecule has 1 nitrogen and oxygen atoms in total. The van der Waals surface area contributed by atoms with Crippen LogP contribution in [0.2, 0.25) is 10.0 Å². The van der Waals surface area contributed by atoms with Crippen LogP contribution in [0.4, 0.5) is 4.39 Å². The average molecular weight is 271 g/mol. The SMILES string of the molecule is COc1ccc(-c2ccc(Cl)c(Cl)c2)c(F)c1. The topological polar surface area (TPSA) is 9.23 Å². The lowest BCUT2D eigenvalue weighted by atomic mass is 10.1. The lowest BCUT2D eigenvalue weighted by Gasteiger charge is -2.07. The van der Waals surface area contributed by atoms with Gasteiger partial charge in [-0.2, -0.15) is 0 Å². The van der Waals surface area contributed by atoms with Gasteiger partial charge < -0.3 is 4.74 Å². The second-order valence-electron chi connectivity index (χ2n) is 3.47. The number of ether oxygens (including phenoxy) is 1. The zero-order valence-electron chi connectivity index (χ0n) is 9.01. The number of benzene rings is 2. The number of rotatable bonds is 2. The molecule has 17 heavy (non-hydrogen) atoms. The van der Waals surface area contributed by atoms with Crippen LogP contribution in [0.15, 0.2) is 36.4 Å². The highest BCUT2D eigenvalue weighted by Gasteiger charge is 2.08. The van der Waals surface area contributed by atoms with Crippen molar-refractivity contribution >= 4 is 23.2 Å². The summed E-state index contributed by atoms with van der Waals surface area (Å²) in [6.45, 7) is 0.